The zero-order chi connectivity index (χ0) is 35.0. The molecule has 5 rings (SSSR count). The second-order valence-electron chi connectivity index (χ2n) is 13.0. The minimum Gasteiger partial charge on any atom is -0.483 e. The van der Waals surface area contributed by atoms with Crippen LogP contribution in [-0.4, -0.2) is 88.6 Å². The smallest absolute Gasteiger partial charge is 0.326 e. The number of likely N-dealkylation sites (tertiary alicyclic amines) is 1. The van der Waals surface area contributed by atoms with Gasteiger partial charge in [-0.15, -0.1) is 0 Å². The first-order chi connectivity index (χ1) is 23.7. The van der Waals surface area contributed by atoms with Crippen LogP contribution in [0.3, 0.4) is 0 Å². The summed E-state index contributed by atoms with van der Waals surface area (Å²) in [6.07, 6.45) is 10.6. The molecule has 2 aliphatic rings. The number of ether oxygens (including phenoxy) is 1. The molecule has 1 spiro atoms. The summed E-state index contributed by atoms with van der Waals surface area (Å²) in [5.74, 6) is 0.725. The summed E-state index contributed by atoms with van der Waals surface area (Å²) >= 11 is 0. The highest BCUT2D eigenvalue weighted by molar-refractivity contribution is 5.93. The van der Waals surface area contributed by atoms with Crippen LogP contribution in [0.2, 0.25) is 0 Å². The van der Waals surface area contributed by atoms with Crippen molar-refractivity contribution in [2.75, 3.05) is 51.9 Å². The number of likely N-dealkylation sites (N-methyl/N-ethyl adjacent to an activating group) is 1. The SMILES string of the molecule is C=Cc1[nH]c(=O)n(CCCN2CCC3(CC2)C(=O)N(Cc2cccc(/C(=C/CC)OCC(=O)N(C)C)c2)CN3c2ccccc2)c1/C=C\C. The largest absolute Gasteiger partial charge is 0.483 e. The van der Waals surface area contributed by atoms with Crippen LogP contribution in [0.1, 0.15) is 62.0 Å². The summed E-state index contributed by atoms with van der Waals surface area (Å²) in [6.45, 7) is 11.8. The van der Waals surface area contributed by atoms with Gasteiger partial charge in [0.05, 0.1) is 18.1 Å². The zero-order valence-electron chi connectivity index (χ0n) is 29.4. The number of allylic oxidation sites excluding steroid dienone is 2. The highest BCUT2D eigenvalue weighted by Crippen LogP contribution is 2.40. The van der Waals surface area contributed by atoms with Crippen LogP contribution in [0, 0.1) is 0 Å². The lowest BCUT2D eigenvalue weighted by atomic mass is 9.85. The molecule has 260 valence electrons. The van der Waals surface area contributed by atoms with Gasteiger partial charge in [-0.1, -0.05) is 56.0 Å². The molecule has 2 saturated heterocycles. The third kappa shape index (κ3) is 7.91. The number of carbonyl (C=O) groups is 2. The molecule has 0 radical (unpaired) electrons. The maximum absolute atomic E-state index is 14.4. The third-order valence-electron chi connectivity index (χ3n) is 9.53. The maximum Gasteiger partial charge on any atom is 0.326 e. The van der Waals surface area contributed by atoms with E-state index >= 15 is 0 Å². The maximum atomic E-state index is 14.4. The number of aromatic nitrogens is 2. The molecule has 10 nitrogen and oxygen atoms in total. The van der Waals surface area contributed by atoms with Crippen LogP contribution < -0.4 is 10.6 Å². The summed E-state index contributed by atoms with van der Waals surface area (Å²) in [7, 11) is 3.43. The fraction of sp³-hybridized carbons (Fsp3) is 0.410. The first kappa shape index (κ1) is 35.5. The minimum absolute atomic E-state index is 0.0304. The van der Waals surface area contributed by atoms with Gasteiger partial charge in [0.2, 0.25) is 5.91 Å². The molecule has 3 heterocycles. The molecule has 1 N–H and O–H groups in total. The van der Waals surface area contributed by atoms with E-state index in [0.717, 1.165) is 73.5 Å². The third-order valence-corrected chi connectivity index (χ3v) is 9.53. The zero-order valence-corrected chi connectivity index (χ0v) is 29.4. The van der Waals surface area contributed by atoms with Crippen molar-refractivity contribution >= 4 is 35.4 Å². The van der Waals surface area contributed by atoms with Gasteiger partial charge in [0, 0.05) is 51.5 Å². The molecule has 0 saturated carbocycles. The topological polar surface area (TPSA) is 94.1 Å². The Morgan fingerprint density at radius 1 is 1.06 bits per heavy atom. The number of carbonyl (C=O) groups excluding carboxylic acids is 2. The molecule has 3 aromatic rings. The van der Waals surface area contributed by atoms with Gasteiger partial charge in [0.1, 0.15) is 11.3 Å². The fourth-order valence-corrected chi connectivity index (χ4v) is 6.90. The van der Waals surface area contributed by atoms with E-state index in [1.807, 2.05) is 73.4 Å². The van der Waals surface area contributed by atoms with E-state index in [1.165, 1.54) is 4.90 Å². The number of aromatic amines is 1. The first-order valence-electron chi connectivity index (χ1n) is 17.3. The van der Waals surface area contributed by atoms with E-state index in [0.29, 0.717) is 25.5 Å². The van der Waals surface area contributed by atoms with Crippen LogP contribution in [0.15, 0.2) is 78.1 Å². The Hall–Kier alpha value is -4.83. The highest BCUT2D eigenvalue weighted by atomic mass is 16.5. The summed E-state index contributed by atoms with van der Waals surface area (Å²) in [6, 6.07) is 18.3. The van der Waals surface area contributed by atoms with Crippen molar-refractivity contribution < 1.29 is 14.3 Å². The number of imidazole rings is 1. The number of hydrogen-bond donors (Lipinski definition) is 1. The molecule has 2 amide bonds. The molecule has 0 atom stereocenters. The van der Waals surface area contributed by atoms with E-state index in [2.05, 4.69) is 39.6 Å². The average Bonchev–Trinajstić information content (AvgIpc) is 3.55. The van der Waals surface area contributed by atoms with E-state index in [4.69, 9.17) is 4.74 Å². The lowest BCUT2D eigenvalue weighted by Gasteiger charge is -2.43. The Morgan fingerprint density at radius 3 is 2.49 bits per heavy atom. The van der Waals surface area contributed by atoms with Crippen molar-refractivity contribution in [3.8, 4) is 0 Å². The predicted molar refractivity (Wildman–Crippen MR) is 197 cm³/mol. The predicted octanol–water partition coefficient (Wildman–Crippen LogP) is 5.44. The molecular weight excluding hydrogens is 616 g/mol. The van der Waals surface area contributed by atoms with Crippen LogP contribution >= 0.6 is 0 Å². The molecule has 0 bridgehead atoms. The van der Waals surface area contributed by atoms with Gasteiger partial charge in [0.25, 0.3) is 5.91 Å². The van der Waals surface area contributed by atoms with Gasteiger partial charge in [-0.05, 0) is 81.1 Å². The van der Waals surface area contributed by atoms with Crippen LogP contribution in [0.25, 0.3) is 17.9 Å². The summed E-state index contributed by atoms with van der Waals surface area (Å²) < 4.78 is 7.73. The highest BCUT2D eigenvalue weighted by Gasteiger charge is 2.53. The second-order valence-corrected chi connectivity index (χ2v) is 13.0. The number of amides is 2. The molecular formula is C39H50N6O4. The number of hydrogen-bond acceptors (Lipinski definition) is 6. The van der Waals surface area contributed by atoms with Crippen molar-refractivity contribution in [3.05, 3.63) is 106 Å². The van der Waals surface area contributed by atoms with Gasteiger partial charge >= 0.3 is 5.69 Å². The molecule has 2 aromatic carbocycles. The monoisotopic (exact) mass is 666 g/mol. The Bertz CT molecular complexity index is 1730. The van der Waals surface area contributed by atoms with E-state index < -0.39 is 5.54 Å². The standard InChI is InChI=1S/C39H50N6O4/c1-6-14-34-33(8-3)40-38(48)44(34)23-13-22-42-24-20-39(21-25-42)37(47)43(29-45(39)32-18-10-9-11-19-32)27-30-16-12-17-31(26-30)35(15-7-2)49-28-36(46)41(4)5/h6,8-12,14-19,26H,3,7,13,20-25,27-29H2,1-2,4-5H3,(H,40,48)/b14-6-,35-15-. The molecule has 0 unspecified atom stereocenters. The van der Waals surface area contributed by atoms with Crippen LogP contribution in [0.4, 0.5) is 5.69 Å². The fourth-order valence-electron chi connectivity index (χ4n) is 6.90. The van der Waals surface area contributed by atoms with Crippen molar-refractivity contribution in [1.29, 1.82) is 0 Å². The van der Waals surface area contributed by atoms with Crippen molar-refractivity contribution in [3.63, 3.8) is 0 Å². The Morgan fingerprint density at radius 2 is 1.82 bits per heavy atom. The Labute approximate surface area is 289 Å². The van der Waals surface area contributed by atoms with Gasteiger partial charge in [-0.2, -0.15) is 0 Å². The summed E-state index contributed by atoms with van der Waals surface area (Å²) in [5.41, 5.74) is 3.80. The lowest BCUT2D eigenvalue weighted by molar-refractivity contribution is -0.134. The molecule has 10 heteroatoms. The molecule has 2 fully saturated rings. The van der Waals surface area contributed by atoms with Gasteiger partial charge < -0.3 is 29.3 Å². The molecule has 1 aromatic heterocycles. The first-order valence-corrected chi connectivity index (χ1v) is 17.3. The van der Waals surface area contributed by atoms with Crippen molar-refractivity contribution in [2.24, 2.45) is 0 Å². The van der Waals surface area contributed by atoms with Crippen molar-refractivity contribution in [1.82, 2.24) is 24.3 Å². The van der Waals surface area contributed by atoms with Gasteiger partial charge in [-0.25, -0.2) is 4.79 Å². The number of nitrogens with one attached hydrogen (secondary N) is 1. The van der Waals surface area contributed by atoms with Crippen molar-refractivity contribution in [2.45, 2.75) is 58.2 Å². The number of benzene rings is 2. The van der Waals surface area contributed by atoms with Crippen LogP contribution in [0.5, 0.6) is 0 Å². The number of anilines is 1. The number of piperidine rings is 1. The molecule has 49 heavy (non-hydrogen) atoms. The normalized spacial score (nSPS) is 16.6. The van der Waals surface area contributed by atoms with E-state index in [-0.39, 0.29) is 24.1 Å². The minimum atomic E-state index is -0.617. The number of para-hydroxylation sites is 1. The average molecular weight is 667 g/mol. The van der Waals surface area contributed by atoms with Gasteiger partial charge in [-0.3, -0.25) is 14.2 Å². The number of H-pyrrole nitrogens is 1. The summed E-state index contributed by atoms with van der Waals surface area (Å²) in [5, 5.41) is 0. The molecule has 0 aliphatic carbocycles. The molecule has 2 aliphatic heterocycles. The number of nitrogens with zero attached hydrogens (tertiary/aromatic N) is 5. The second kappa shape index (κ2) is 16.0. The van der Waals surface area contributed by atoms with Crippen LogP contribution in [-0.2, 0) is 27.4 Å². The summed E-state index contributed by atoms with van der Waals surface area (Å²) in [4.78, 5) is 50.4. The van der Waals surface area contributed by atoms with Gasteiger partial charge in [0.15, 0.2) is 6.61 Å². The number of rotatable bonds is 14. The lowest BCUT2D eigenvalue weighted by Crippen LogP contribution is -2.56. The Kier molecular flexibility index (Phi) is 11.6. The Balaban J connectivity index is 1.28. The quantitative estimate of drug-likeness (QED) is 0.231. The van der Waals surface area contributed by atoms with E-state index in [1.54, 1.807) is 24.7 Å². The van der Waals surface area contributed by atoms with E-state index in [9.17, 15) is 14.4 Å².